The molecule has 0 bridgehead atoms. The van der Waals surface area contributed by atoms with Gasteiger partial charge >= 0.3 is 0 Å². The van der Waals surface area contributed by atoms with Gasteiger partial charge in [-0.3, -0.25) is 0 Å². The Hall–Kier alpha value is -1.29. The Balaban J connectivity index is 1.63. The number of benzene rings is 1. The minimum absolute atomic E-state index is 0.241. The van der Waals surface area contributed by atoms with E-state index in [4.69, 9.17) is 16.9 Å². The predicted octanol–water partition coefficient (Wildman–Crippen LogP) is 1.62. The molecule has 0 N–H and O–H groups in total. The molecular weight excluding hydrogens is 310 g/mol. The maximum Gasteiger partial charge on any atom is 0.218 e. The average molecular weight is 326 g/mol. The molecule has 2 aliphatic heterocycles. The van der Waals surface area contributed by atoms with Crippen molar-refractivity contribution < 1.29 is 8.42 Å². The fraction of sp³-hybridized carbons (Fsp3) is 0.500. The van der Waals surface area contributed by atoms with Crippen molar-refractivity contribution in [2.75, 3.05) is 26.2 Å². The molecule has 2 fully saturated rings. The second-order valence-electron chi connectivity index (χ2n) is 5.57. The number of likely N-dealkylation sites (tertiary alicyclic amines) is 1. The summed E-state index contributed by atoms with van der Waals surface area (Å²) in [4.78, 5) is 1.51. The molecule has 0 radical (unpaired) electrons. The summed E-state index contributed by atoms with van der Waals surface area (Å²) >= 11 is 5.86. The van der Waals surface area contributed by atoms with E-state index in [9.17, 15) is 8.42 Å². The number of nitriles is 1. The molecular formula is C14H16ClN3O2S. The lowest BCUT2D eigenvalue weighted by molar-refractivity contribution is 0.261. The largest absolute Gasteiger partial charge is 0.309 e. The number of halogens is 1. The van der Waals surface area contributed by atoms with Gasteiger partial charge in [0.1, 0.15) is 0 Å². The second kappa shape index (κ2) is 5.48. The van der Waals surface area contributed by atoms with Crippen LogP contribution in [0.4, 0.5) is 0 Å². The van der Waals surface area contributed by atoms with Gasteiger partial charge in [0.15, 0.2) is 6.19 Å². The molecule has 2 heterocycles. The Morgan fingerprint density at radius 1 is 1.19 bits per heavy atom. The minimum atomic E-state index is -3.28. The summed E-state index contributed by atoms with van der Waals surface area (Å²) in [5.41, 5.74) is 1.12. The zero-order chi connectivity index (χ0) is 15.0. The van der Waals surface area contributed by atoms with E-state index in [1.54, 1.807) is 0 Å². The second-order valence-corrected chi connectivity index (χ2v) is 8.22. The number of hydrogen-bond donors (Lipinski definition) is 0. The highest BCUT2D eigenvalue weighted by Crippen LogP contribution is 2.32. The first-order valence-electron chi connectivity index (χ1n) is 6.90. The molecule has 1 aromatic rings. The molecule has 2 aliphatic rings. The number of sulfonamides is 1. The van der Waals surface area contributed by atoms with E-state index < -0.39 is 15.3 Å². The van der Waals surface area contributed by atoms with Crippen LogP contribution in [0.3, 0.4) is 0 Å². The standard InChI is InChI=1S/C14H16ClN3O2S/c15-13-3-1-11(2-4-13)12-7-18(8-12)21(19,20)14-5-6-17(9-14)10-16/h1-4,12,14H,5-9H2. The zero-order valence-electron chi connectivity index (χ0n) is 11.4. The average Bonchev–Trinajstić information content (AvgIpc) is 2.88. The van der Waals surface area contributed by atoms with Crippen LogP contribution in [0.5, 0.6) is 0 Å². The van der Waals surface area contributed by atoms with E-state index in [1.807, 2.05) is 30.5 Å². The first kappa shape index (κ1) is 14.6. The molecule has 5 nitrogen and oxygen atoms in total. The Bertz CT molecular complexity index is 662. The molecule has 1 atom stereocenters. The summed E-state index contributed by atoms with van der Waals surface area (Å²) in [6, 6.07) is 7.56. The van der Waals surface area contributed by atoms with Crippen LogP contribution in [0.15, 0.2) is 24.3 Å². The van der Waals surface area contributed by atoms with Crippen LogP contribution in [0.2, 0.25) is 5.02 Å². The maximum absolute atomic E-state index is 12.5. The van der Waals surface area contributed by atoms with Gasteiger partial charge in [0.25, 0.3) is 0 Å². The first-order valence-corrected chi connectivity index (χ1v) is 8.78. The van der Waals surface area contributed by atoms with E-state index in [-0.39, 0.29) is 5.92 Å². The summed E-state index contributed by atoms with van der Waals surface area (Å²) < 4.78 is 26.5. The molecule has 0 aliphatic carbocycles. The van der Waals surface area contributed by atoms with Crippen LogP contribution in [0.25, 0.3) is 0 Å². The van der Waals surface area contributed by atoms with E-state index in [0.717, 1.165) is 5.56 Å². The lowest BCUT2D eigenvalue weighted by Crippen LogP contribution is -2.52. The molecule has 1 aromatic carbocycles. The van der Waals surface area contributed by atoms with Gasteiger partial charge < -0.3 is 4.90 Å². The van der Waals surface area contributed by atoms with Crippen molar-refractivity contribution in [3.05, 3.63) is 34.9 Å². The summed E-state index contributed by atoms with van der Waals surface area (Å²) in [5.74, 6) is 0.241. The highest BCUT2D eigenvalue weighted by Gasteiger charge is 2.43. The van der Waals surface area contributed by atoms with Crippen molar-refractivity contribution in [3.63, 3.8) is 0 Å². The summed E-state index contributed by atoms with van der Waals surface area (Å²) in [7, 11) is -3.28. The topological polar surface area (TPSA) is 64.4 Å². The monoisotopic (exact) mass is 325 g/mol. The molecule has 3 rings (SSSR count). The van der Waals surface area contributed by atoms with Crippen LogP contribution in [-0.2, 0) is 10.0 Å². The summed E-state index contributed by atoms with van der Waals surface area (Å²) in [6.45, 7) is 1.90. The maximum atomic E-state index is 12.5. The Morgan fingerprint density at radius 3 is 2.43 bits per heavy atom. The van der Waals surface area contributed by atoms with Gasteiger partial charge in [-0.05, 0) is 24.1 Å². The Labute approximate surface area is 129 Å². The Morgan fingerprint density at radius 2 is 1.86 bits per heavy atom. The van der Waals surface area contributed by atoms with Crippen molar-refractivity contribution in [2.24, 2.45) is 0 Å². The SMILES string of the molecule is N#CN1CCC(S(=O)(=O)N2CC(c3ccc(Cl)cc3)C2)C1. The lowest BCUT2D eigenvalue weighted by Gasteiger charge is -2.39. The molecule has 0 amide bonds. The molecule has 7 heteroatoms. The molecule has 112 valence electrons. The van der Waals surface area contributed by atoms with E-state index in [0.29, 0.717) is 37.6 Å². The Kier molecular flexibility index (Phi) is 3.82. The third-order valence-electron chi connectivity index (χ3n) is 4.26. The van der Waals surface area contributed by atoms with E-state index >= 15 is 0 Å². The van der Waals surface area contributed by atoms with E-state index in [2.05, 4.69) is 0 Å². The van der Waals surface area contributed by atoms with Gasteiger partial charge in [-0.1, -0.05) is 23.7 Å². The third-order valence-corrected chi connectivity index (χ3v) is 6.75. The van der Waals surface area contributed by atoms with Gasteiger partial charge in [0.05, 0.1) is 5.25 Å². The van der Waals surface area contributed by atoms with Crippen molar-refractivity contribution in [3.8, 4) is 6.19 Å². The smallest absolute Gasteiger partial charge is 0.218 e. The highest BCUT2D eigenvalue weighted by molar-refractivity contribution is 7.89. The number of hydrogen-bond acceptors (Lipinski definition) is 4. The van der Waals surface area contributed by atoms with Gasteiger partial charge in [-0.2, -0.15) is 5.26 Å². The zero-order valence-corrected chi connectivity index (χ0v) is 13.0. The number of nitrogens with zero attached hydrogens (tertiary/aromatic N) is 3. The molecule has 21 heavy (non-hydrogen) atoms. The van der Waals surface area contributed by atoms with Gasteiger partial charge in [-0.15, -0.1) is 0 Å². The number of rotatable bonds is 3. The molecule has 0 aromatic heterocycles. The quantitative estimate of drug-likeness (QED) is 0.792. The van der Waals surface area contributed by atoms with Crippen LogP contribution >= 0.6 is 11.6 Å². The highest BCUT2D eigenvalue weighted by atomic mass is 35.5. The van der Waals surface area contributed by atoms with Crippen LogP contribution in [-0.4, -0.2) is 49.1 Å². The first-order chi connectivity index (χ1) is 10.0. The summed E-state index contributed by atoms with van der Waals surface area (Å²) in [6.07, 6.45) is 2.56. The van der Waals surface area contributed by atoms with Crippen LogP contribution in [0.1, 0.15) is 17.9 Å². The van der Waals surface area contributed by atoms with Crippen molar-refractivity contribution in [1.82, 2.24) is 9.21 Å². The predicted molar refractivity (Wildman–Crippen MR) is 80.3 cm³/mol. The fourth-order valence-electron chi connectivity index (χ4n) is 2.86. The van der Waals surface area contributed by atoms with Crippen LogP contribution in [0, 0.1) is 11.5 Å². The minimum Gasteiger partial charge on any atom is -0.309 e. The molecule has 1 unspecified atom stereocenters. The van der Waals surface area contributed by atoms with Crippen molar-refractivity contribution in [1.29, 1.82) is 5.26 Å². The molecule has 0 saturated carbocycles. The van der Waals surface area contributed by atoms with Crippen molar-refractivity contribution >= 4 is 21.6 Å². The summed E-state index contributed by atoms with van der Waals surface area (Å²) in [5, 5.41) is 9.07. The molecule has 2 saturated heterocycles. The third kappa shape index (κ3) is 2.73. The lowest BCUT2D eigenvalue weighted by atomic mass is 9.94. The molecule has 0 spiro atoms. The van der Waals surface area contributed by atoms with Crippen molar-refractivity contribution in [2.45, 2.75) is 17.6 Å². The normalized spacial score (nSPS) is 23.8. The van der Waals surface area contributed by atoms with Gasteiger partial charge in [0, 0.05) is 37.1 Å². The van der Waals surface area contributed by atoms with Gasteiger partial charge in [-0.25, -0.2) is 12.7 Å². The fourth-order valence-corrected chi connectivity index (χ4v) is 4.96. The van der Waals surface area contributed by atoms with Crippen LogP contribution < -0.4 is 0 Å². The van der Waals surface area contributed by atoms with Gasteiger partial charge in [0.2, 0.25) is 10.0 Å². The van der Waals surface area contributed by atoms with E-state index in [1.165, 1.54) is 9.21 Å².